The Labute approximate surface area is 96.6 Å². The summed E-state index contributed by atoms with van der Waals surface area (Å²) in [6.45, 7) is 0. The lowest BCUT2D eigenvalue weighted by Crippen LogP contribution is -2.29. The molecule has 1 fully saturated rings. The third-order valence-electron chi connectivity index (χ3n) is 2.32. The molecule has 1 aromatic rings. The third-order valence-corrected chi connectivity index (χ3v) is 3.12. The van der Waals surface area contributed by atoms with E-state index < -0.39 is 11.6 Å². The first-order valence-corrected chi connectivity index (χ1v) is 5.17. The minimum absolute atomic E-state index is 0.256. The van der Waals surface area contributed by atoms with Gasteiger partial charge >= 0.3 is 5.97 Å². The Morgan fingerprint density at radius 2 is 2.07 bits per heavy atom. The Hall–Kier alpha value is -0.930. The Morgan fingerprint density at radius 1 is 1.40 bits per heavy atom. The van der Waals surface area contributed by atoms with E-state index in [1.807, 2.05) is 0 Å². The Bertz CT molecular complexity index is 413. The van der Waals surface area contributed by atoms with Gasteiger partial charge in [-0.15, -0.1) is 0 Å². The van der Waals surface area contributed by atoms with Crippen molar-refractivity contribution in [2.45, 2.75) is 18.4 Å². The predicted molar refractivity (Wildman–Crippen MR) is 56.7 cm³/mol. The summed E-state index contributed by atoms with van der Waals surface area (Å²) in [7, 11) is 0. The molecule has 0 bridgehead atoms. The van der Waals surface area contributed by atoms with Crippen LogP contribution in [0.25, 0.3) is 0 Å². The lowest BCUT2D eigenvalue weighted by Gasteiger charge is -2.14. The summed E-state index contributed by atoms with van der Waals surface area (Å²) in [5, 5.41) is 9.54. The van der Waals surface area contributed by atoms with E-state index in [4.69, 9.17) is 33.0 Å². The van der Waals surface area contributed by atoms with Gasteiger partial charge in [0.25, 0.3) is 0 Å². The summed E-state index contributed by atoms with van der Waals surface area (Å²) in [5.41, 5.74) is -1.09. The van der Waals surface area contributed by atoms with Gasteiger partial charge in [0.05, 0.1) is 5.02 Å². The van der Waals surface area contributed by atoms with Crippen LogP contribution in [-0.4, -0.2) is 16.7 Å². The van der Waals surface area contributed by atoms with Crippen molar-refractivity contribution in [1.29, 1.82) is 0 Å². The van der Waals surface area contributed by atoms with Crippen LogP contribution in [0.3, 0.4) is 0 Å². The van der Waals surface area contributed by atoms with E-state index in [1.165, 1.54) is 0 Å². The van der Waals surface area contributed by atoms with Gasteiger partial charge in [-0.2, -0.15) is 0 Å². The molecular weight excluding hydrogens is 239 g/mol. The molecule has 0 heterocycles. The first-order chi connectivity index (χ1) is 7.05. The molecule has 15 heavy (non-hydrogen) atoms. The number of carboxylic acid groups (broad SMARTS) is 1. The molecule has 5 heteroatoms. The topological polar surface area (TPSA) is 46.5 Å². The Balaban J connectivity index is 2.25. The summed E-state index contributed by atoms with van der Waals surface area (Å²) in [6, 6.07) is 4.90. The van der Waals surface area contributed by atoms with Crippen LogP contribution >= 0.6 is 23.2 Å². The van der Waals surface area contributed by atoms with Gasteiger partial charge in [0.2, 0.25) is 5.60 Å². The summed E-state index contributed by atoms with van der Waals surface area (Å²) < 4.78 is 5.37. The van der Waals surface area contributed by atoms with Crippen molar-refractivity contribution < 1.29 is 14.6 Å². The molecular formula is C10H8Cl2O3. The predicted octanol–water partition coefficient (Wildman–Crippen LogP) is 2.99. The summed E-state index contributed by atoms with van der Waals surface area (Å²) in [5.74, 6) is -0.636. The van der Waals surface area contributed by atoms with E-state index in [2.05, 4.69) is 0 Å². The number of rotatable bonds is 3. The van der Waals surface area contributed by atoms with E-state index in [-0.39, 0.29) is 5.02 Å². The highest BCUT2D eigenvalue weighted by atomic mass is 35.5. The molecule has 1 aromatic carbocycles. The maximum atomic E-state index is 10.9. The van der Waals surface area contributed by atoms with Crippen molar-refractivity contribution in [2.75, 3.05) is 0 Å². The number of halogens is 2. The van der Waals surface area contributed by atoms with Gasteiger partial charge in [0, 0.05) is 12.8 Å². The average molecular weight is 247 g/mol. The second-order valence-corrected chi connectivity index (χ2v) is 4.24. The highest BCUT2D eigenvalue weighted by Crippen LogP contribution is 2.43. The third kappa shape index (κ3) is 1.90. The SMILES string of the molecule is O=C(O)C1(Oc2cccc(Cl)c2Cl)CC1. The van der Waals surface area contributed by atoms with Gasteiger partial charge < -0.3 is 9.84 Å². The molecule has 0 unspecified atom stereocenters. The van der Waals surface area contributed by atoms with Crippen molar-refractivity contribution in [2.24, 2.45) is 0 Å². The quantitative estimate of drug-likeness (QED) is 0.892. The highest BCUT2D eigenvalue weighted by Gasteiger charge is 2.53. The summed E-state index contributed by atoms with van der Waals surface area (Å²) in [6.07, 6.45) is 1.01. The minimum Gasteiger partial charge on any atom is -0.478 e. The van der Waals surface area contributed by atoms with Crippen molar-refractivity contribution in [3.63, 3.8) is 0 Å². The molecule has 0 radical (unpaired) electrons. The number of benzene rings is 1. The van der Waals surface area contributed by atoms with Crippen LogP contribution in [0, 0.1) is 0 Å². The van der Waals surface area contributed by atoms with Crippen LogP contribution in [0.5, 0.6) is 5.75 Å². The second-order valence-electron chi connectivity index (χ2n) is 3.45. The molecule has 3 nitrogen and oxygen atoms in total. The van der Waals surface area contributed by atoms with Crippen molar-refractivity contribution in [3.8, 4) is 5.75 Å². The number of hydrogen-bond acceptors (Lipinski definition) is 2. The molecule has 80 valence electrons. The Morgan fingerprint density at radius 3 is 2.60 bits per heavy atom. The number of aliphatic carboxylic acids is 1. The molecule has 0 amide bonds. The molecule has 1 aliphatic rings. The fourth-order valence-electron chi connectivity index (χ4n) is 1.25. The van der Waals surface area contributed by atoms with Crippen molar-refractivity contribution >= 4 is 29.2 Å². The molecule has 1 N–H and O–H groups in total. The maximum absolute atomic E-state index is 10.9. The Kier molecular flexibility index (Phi) is 2.52. The van der Waals surface area contributed by atoms with Crippen LogP contribution in [0.4, 0.5) is 0 Å². The normalized spacial score (nSPS) is 17.2. The largest absolute Gasteiger partial charge is 0.478 e. The molecule has 2 rings (SSSR count). The van der Waals surface area contributed by atoms with E-state index in [0.717, 1.165) is 0 Å². The van der Waals surface area contributed by atoms with Crippen LogP contribution < -0.4 is 4.74 Å². The average Bonchev–Trinajstić information content (AvgIpc) is 2.94. The van der Waals surface area contributed by atoms with Gasteiger partial charge in [0.1, 0.15) is 10.8 Å². The highest BCUT2D eigenvalue weighted by molar-refractivity contribution is 6.42. The van der Waals surface area contributed by atoms with Gasteiger partial charge in [-0.3, -0.25) is 0 Å². The second kappa shape index (κ2) is 3.58. The zero-order chi connectivity index (χ0) is 11.1. The van der Waals surface area contributed by atoms with Crippen LogP contribution in [0.2, 0.25) is 10.0 Å². The van der Waals surface area contributed by atoms with Crippen molar-refractivity contribution in [3.05, 3.63) is 28.2 Å². The zero-order valence-corrected chi connectivity index (χ0v) is 9.18. The van der Waals surface area contributed by atoms with Crippen LogP contribution in [0.15, 0.2) is 18.2 Å². The van der Waals surface area contributed by atoms with Crippen molar-refractivity contribution in [1.82, 2.24) is 0 Å². The number of hydrogen-bond donors (Lipinski definition) is 1. The smallest absolute Gasteiger partial charge is 0.348 e. The molecule has 0 aliphatic heterocycles. The first kappa shape index (κ1) is 10.6. The van der Waals surface area contributed by atoms with Gasteiger partial charge in [-0.1, -0.05) is 29.3 Å². The minimum atomic E-state index is -1.09. The van der Waals surface area contributed by atoms with Gasteiger partial charge in [-0.05, 0) is 12.1 Å². The van der Waals surface area contributed by atoms with Crippen LogP contribution in [0.1, 0.15) is 12.8 Å². The van der Waals surface area contributed by atoms with Crippen LogP contribution in [-0.2, 0) is 4.79 Å². The lowest BCUT2D eigenvalue weighted by molar-refractivity contribution is -0.147. The summed E-state index contributed by atoms with van der Waals surface area (Å²) >= 11 is 11.7. The fourth-order valence-corrected chi connectivity index (χ4v) is 1.58. The zero-order valence-electron chi connectivity index (χ0n) is 7.67. The summed E-state index contributed by atoms with van der Waals surface area (Å²) in [4.78, 5) is 10.9. The fraction of sp³-hybridized carbons (Fsp3) is 0.300. The lowest BCUT2D eigenvalue weighted by atomic mass is 10.3. The number of ether oxygens (including phenoxy) is 1. The standard InChI is InChI=1S/C10H8Cl2O3/c11-6-2-1-3-7(8(6)12)15-10(4-5-10)9(13)14/h1-3H,4-5H2,(H,13,14). The maximum Gasteiger partial charge on any atom is 0.348 e. The van der Waals surface area contributed by atoms with Gasteiger partial charge in [-0.25, -0.2) is 4.79 Å². The monoisotopic (exact) mass is 246 g/mol. The van der Waals surface area contributed by atoms with Gasteiger partial charge in [0.15, 0.2) is 0 Å². The number of carbonyl (C=O) groups is 1. The first-order valence-electron chi connectivity index (χ1n) is 4.42. The van der Waals surface area contributed by atoms with E-state index in [0.29, 0.717) is 23.6 Å². The molecule has 1 aliphatic carbocycles. The van der Waals surface area contributed by atoms with E-state index >= 15 is 0 Å². The molecule has 0 atom stereocenters. The molecule has 1 saturated carbocycles. The molecule has 0 aromatic heterocycles. The van der Waals surface area contributed by atoms with E-state index in [9.17, 15) is 4.79 Å². The molecule has 0 spiro atoms. The number of carboxylic acids is 1. The molecule has 0 saturated heterocycles. The van der Waals surface area contributed by atoms with E-state index in [1.54, 1.807) is 18.2 Å².